The largest absolute Gasteiger partial charge is 0.377 e. The molecule has 2 aliphatic rings. The number of morpholine rings is 1. The molecule has 1 saturated heterocycles. The highest BCUT2D eigenvalue weighted by molar-refractivity contribution is 5.68. The third kappa shape index (κ3) is 2.21. The molecule has 1 aliphatic heterocycles. The molecule has 0 bridgehead atoms. The van der Waals surface area contributed by atoms with Gasteiger partial charge in [-0.3, -0.25) is 5.10 Å². The van der Waals surface area contributed by atoms with Crippen LogP contribution in [0.15, 0.2) is 24.5 Å². The van der Waals surface area contributed by atoms with Gasteiger partial charge in [-0.25, -0.2) is 9.50 Å². The fraction of sp³-hybridized carbons (Fsp3) is 0.444. The van der Waals surface area contributed by atoms with Gasteiger partial charge in [0.05, 0.1) is 42.5 Å². The molecule has 0 spiro atoms. The van der Waals surface area contributed by atoms with Crippen LogP contribution in [0.2, 0.25) is 0 Å². The number of hydrogen-bond donors (Lipinski definition) is 1. The average Bonchev–Trinajstić information content (AvgIpc) is 3.06. The van der Waals surface area contributed by atoms with E-state index in [9.17, 15) is 5.26 Å². The number of hydrogen-bond acceptors (Lipinski definition) is 6. The molecule has 2 fully saturated rings. The number of imidazole rings is 1. The van der Waals surface area contributed by atoms with Gasteiger partial charge >= 0.3 is 0 Å². The van der Waals surface area contributed by atoms with Crippen LogP contribution in [0.3, 0.4) is 0 Å². The van der Waals surface area contributed by atoms with Crippen molar-refractivity contribution in [1.82, 2.24) is 24.8 Å². The number of nitrogens with zero attached hydrogens (tertiary/aromatic N) is 6. The van der Waals surface area contributed by atoms with Gasteiger partial charge in [0.15, 0.2) is 5.82 Å². The molecule has 4 heterocycles. The Balaban J connectivity index is 1.73. The SMILES string of the molecule is C[C@@H]1COCCN1c1cc(C2(C#N)CC2)c2cnc(-c3ccn[nH]3)n2n1. The van der Waals surface area contributed by atoms with Gasteiger partial charge in [-0.15, -0.1) is 5.10 Å². The van der Waals surface area contributed by atoms with E-state index >= 15 is 0 Å². The summed E-state index contributed by atoms with van der Waals surface area (Å²) >= 11 is 0. The van der Waals surface area contributed by atoms with Gasteiger partial charge in [0, 0.05) is 18.3 Å². The zero-order valence-corrected chi connectivity index (χ0v) is 14.5. The van der Waals surface area contributed by atoms with E-state index < -0.39 is 5.41 Å². The molecule has 1 aliphatic carbocycles. The first kappa shape index (κ1) is 15.3. The van der Waals surface area contributed by atoms with Gasteiger partial charge in [0.2, 0.25) is 0 Å². The van der Waals surface area contributed by atoms with Crippen LogP contribution in [0, 0.1) is 11.3 Å². The molecule has 0 radical (unpaired) electrons. The molecule has 132 valence electrons. The minimum Gasteiger partial charge on any atom is -0.377 e. The van der Waals surface area contributed by atoms with Gasteiger partial charge < -0.3 is 9.64 Å². The van der Waals surface area contributed by atoms with E-state index in [0.29, 0.717) is 19.0 Å². The summed E-state index contributed by atoms with van der Waals surface area (Å²) in [6.07, 6.45) is 5.27. The highest BCUT2D eigenvalue weighted by Gasteiger charge is 2.47. The van der Waals surface area contributed by atoms with Crippen LogP contribution >= 0.6 is 0 Å². The Morgan fingerprint density at radius 3 is 3.00 bits per heavy atom. The number of ether oxygens (including phenoxy) is 1. The Morgan fingerprint density at radius 1 is 1.42 bits per heavy atom. The summed E-state index contributed by atoms with van der Waals surface area (Å²) in [6, 6.07) is 6.70. The van der Waals surface area contributed by atoms with Crippen LogP contribution in [0.25, 0.3) is 17.0 Å². The molecule has 0 amide bonds. The fourth-order valence-corrected chi connectivity index (χ4v) is 3.69. The van der Waals surface area contributed by atoms with Gasteiger partial charge in [0.25, 0.3) is 0 Å². The van der Waals surface area contributed by atoms with Crippen molar-refractivity contribution in [3.05, 3.63) is 30.1 Å². The maximum atomic E-state index is 9.76. The topological polar surface area (TPSA) is 95.1 Å². The number of rotatable bonds is 3. The van der Waals surface area contributed by atoms with E-state index in [4.69, 9.17) is 9.84 Å². The Hall–Kier alpha value is -2.92. The van der Waals surface area contributed by atoms with Crippen molar-refractivity contribution >= 4 is 11.3 Å². The molecule has 8 nitrogen and oxygen atoms in total. The van der Waals surface area contributed by atoms with Crippen LogP contribution in [-0.2, 0) is 10.2 Å². The third-order valence-electron chi connectivity index (χ3n) is 5.37. The van der Waals surface area contributed by atoms with Crippen molar-refractivity contribution in [2.75, 3.05) is 24.7 Å². The molecule has 1 N–H and O–H groups in total. The van der Waals surface area contributed by atoms with Gasteiger partial charge in [0.1, 0.15) is 11.5 Å². The van der Waals surface area contributed by atoms with E-state index in [2.05, 4.69) is 39.1 Å². The van der Waals surface area contributed by atoms with Gasteiger partial charge in [-0.1, -0.05) is 0 Å². The van der Waals surface area contributed by atoms with Crippen molar-refractivity contribution in [3.63, 3.8) is 0 Å². The second-order valence-electron chi connectivity index (χ2n) is 7.08. The molecule has 26 heavy (non-hydrogen) atoms. The van der Waals surface area contributed by atoms with E-state index in [1.807, 2.05) is 16.8 Å². The predicted molar refractivity (Wildman–Crippen MR) is 94.7 cm³/mol. The lowest BCUT2D eigenvalue weighted by Crippen LogP contribution is -2.44. The van der Waals surface area contributed by atoms with Crippen molar-refractivity contribution in [2.45, 2.75) is 31.2 Å². The molecule has 8 heteroatoms. The monoisotopic (exact) mass is 349 g/mol. The lowest BCUT2D eigenvalue weighted by Gasteiger charge is -2.34. The second-order valence-corrected chi connectivity index (χ2v) is 7.08. The summed E-state index contributed by atoms with van der Waals surface area (Å²) in [7, 11) is 0. The summed E-state index contributed by atoms with van der Waals surface area (Å²) in [5.41, 5.74) is 2.29. The molecule has 3 aromatic heterocycles. The van der Waals surface area contributed by atoms with Crippen LogP contribution in [0.5, 0.6) is 0 Å². The maximum absolute atomic E-state index is 9.76. The second kappa shape index (κ2) is 5.54. The van der Waals surface area contributed by atoms with Crippen LogP contribution in [-0.4, -0.2) is 50.6 Å². The van der Waals surface area contributed by atoms with E-state index in [-0.39, 0.29) is 6.04 Å². The van der Waals surface area contributed by atoms with Crippen molar-refractivity contribution in [1.29, 1.82) is 5.26 Å². The van der Waals surface area contributed by atoms with E-state index in [0.717, 1.165) is 42.0 Å². The Morgan fingerprint density at radius 2 is 2.31 bits per heavy atom. The summed E-state index contributed by atoms with van der Waals surface area (Å²) < 4.78 is 7.41. The van der Waals surface area contributed by atoms with Crippen LogP contribution < -0.4 is 4.90 Å². The Kier molecular flexibility index (Phi) is 3.27. The molecule has 0 unspecified atom stereocenters. The summed E-state index contributed by atoms with van der Waals surface area (Å²) in [5, 5.41) is 21.6. The minimum atomic E-state index is -0.417. The summed E-state index contributed by atoms with van der Waals surface area (Å²) in [4.78, 5) is 6.80. The Labute approximate surface area is 150 Å². The number of aromatic nitrogens is 5. The highest BCUT2D eigenvalue weighted by Crippen LogP contribution is 2.49. The summed E-state index contributed by atoms with van der Waals surface area (Å²) in [5.74, 6) is 1.57. The molecule has 5 rings (SSSR count). The quantitative estimate of drug-likeness (QED) is 0.776. The number of fused-ring (bicyclic) bond motifs is 1. The van der Waals surface area contributed by atoms with Crippen molar-refractivity contribution in [2.24, 2.45) is 0 Å². The standard InChI is InChI=1S/C18H19N7O/c1-12-10-26-7-6-24(12)16-8-13(18(11-19)3-4-18)15-9-20-17(25(15)23-16)14-2-5-21-22-14/h2,5,8-9,12H,3-4,6-7,10H2,1H3,(H,21,22)/t12-/m1/s1. The number of H-pyrrole nitrogens is 1. The zero-order valence-electron chi connectivity index (χ0n) is 14.5. The number of anilines is 1. The van der Waals surface area contributed by atoms with Crippen molar-refractivity contribution in [3.8, 4) is 17.6 Å². The van der Waals surface area contributed by atoms with Gasteiger partial charge in [-0.2, -0.15) is 10.4 Å². The number of nitriles is 1. The third-order valence-corrected chi connectivity index (χ3v) is 5.37. The smallest absolute Gasteiger partial charge is 0.179 e. The van der Waals surface area contributed by atoms with Crippen molar-refractivity contribution < 1.29 is 4.74 Å². The maximum Gasteiger partial charge on any atom is 0.179 e. The first-order valence-electron chi connectivity index (χ1n) is 8.86. The highest BCUT2D eigenvalue weighted by atomic mass is 16.5. The average molecular weight is 349 g/mol. The molecule has 1 atom stereocenters. The molecular weight excluding hydrogens is 330 g/mol. The normalized spacial score (nSPS) is 21.7. The molecule has 0 aromatic carbocycles. The van der Waals surface area contributed by atoms with E-state index in [1.54, 1.807) is 6.20 Å². The van der Waals surface area contributed by atoms with E-state index in [1.165, 1.54) is 0 Å². The molecule has 3 aromatic rings. The first-order valence-corrected chi connectivity index (χ1v) is 8.86. The van der Waals surface area contributed by atoms with Crippen LogP contribution in [0.4, 0.5) is 5.82 Å². The summed E-state index contributed by atoms with van der Waals surface area (Å²) in [6.45, 7) is 4.27. The lowest BCUT2D eigenvalue weighted by molar-refractivity contribution is 0.0984. The lowest BCUT2D eigenvalue weighted by atomic mass is 9.98. The van der Waals surface area contributed by atoms with Crippen LogP contribution in [0.1, 0.15) is 25.3 Å². The van der Waals surface area contributed by atoms with Gasteiger partial charge in [-0.05, 0) is 31.9 Å². The number of nitrogens with one attached hydrogen (secondary N) is 1. The Bertz CT molecular complexity index is 997. The fourth-order valence-electron chi connectivity index (χ4n) is 3.69. The molecular formula is C18H19N7O. The first-order chi connectivity index (χ1) is 12.7. The number of aromatic amines is 1. The zero-order chi connectivity index (χ0) is 17.7. The molecule has 1 saturated carbocycles. The predicted octanol–water partition coefficient (Wildman–Crippen LogP) is 1.90. The minimum absolute atomic E-state index is 0.234.